The predicted octanol–water partition coefficient (Wildman–Crippen LogP) is 2.68. The lowest BCUT2D eigenvalue weighted by molar-refractivity contribution is -0.00619. The molecule has 1 aliphatic rings. The fourth-order valence-corrected chi connectivity index (χ4v) is 2.30. The zero-order valence-corrected chi connectivity index (χ0v) is 12.5. The van der Waals surface area contributed by atoms with Gasteiger partial charge in [-0.25, -0.2) is 10.2 Å². The van der Waals surface area contributed by atoms with E-state index in [-0.39, 0.29) is 12.1 Å². The Morgan fingerprint density at radius 1 is 1.35 bits per heavy atom. The van der Waals surface area contributed by atoms with Gasteiger partial charge in [0.1, 0.15) is 0 Å². The van der Waals surface area contributed by atoms with Crippen LogP contribution < -0.4 is 10.7 Å². The number of hydrogen-bond donors (Lipinski definition) is 2. The van der Waals surface area contributed by atoms with Gasteiger partial charge in [-0.3, -0.25) is 5.01 Å². The van der Waals surface area contributed by atoms with Crippen LogP contribution in [0.2, 0.25) is 5.02 Å². The first-order valence-corrected chi connectivity index (χ1v) is 7.16. The number of unbranched alkanes of at least 4 members (excludes halogenated alkanes) is 1. The highest BCUT2D eigenvalue weighted by Gasteiger charge is 2.33. The van der Waals surface area contributed by atoms with E-state index in [0.29, 0.717) is 11.6 Å². The van der Waals surface area contributed by atoms with Gasteiger partial charge in [0.25, 0.3) is 0 Å². The fourth-order valence-electron chi connectivity index (χ4n) is 2.17. The van der Waals surface area contributed by atoms with Gasteiger partial charge < -0.3 is 10.1 Å². The highest BCUT2D eigenvalue weighted by atomic mass is 35.5. The van der Waals surface area contributed by atoms with Crippen LogP contribution in [0, 0.1) is 0 Å². The molecule has 110 valence electrons. The summed E-state index contributed by atoms with van der Waals surface area (Å²) in [4.78, 5) is 12.0. The number of hydrogen-bond acceptors (Lipinski definition) is 3. The average Bonchev–Trinajstić information content (AvgIpc) is 2.46. The monoisotopic (exact) mass is 297 g/mol. The third-order valence-electron chi connectivity index (χ3n) is 3.33. The normalized spacial score (nSPS) is 22.8. The number of benzene rings is 1. The third kappa shape index (κ3) is 3.42. The minimum Gasteiger partial charge on any atom is -0.360 e. The Morgan fingerprint density at radius 2 is 2.05 bits per heavy atom. The first-order valence-electron chi connectivity index (χ1n) is 6.78. The van der Waals surface area contributed by atoms with Crippen LogP contribution in [0.15, 0.2) is 24.3 Å². The minimum atomic E-state index is -0.401. The molecule has 2 atom stereocenters. The van der Waals surface area contributed by atoms with Crippen LogP contribution in [0.5, 0.6) is 0 Å². The van der Waals surface area contributed by atoms with Gasteiger partial charge in [-0.05, 0) is 24.1 Å². The zero-order chi connectivity index (χ0) is 14.5. The number of amides is 2. The predicted molar refractivity (Wildman–Crippen MR) is 78.3 cm³/mol. The second-order valence-corrected chi connectivity index (χ2v) is 5.21. The van der Waals surface area contributed by atoms with Gasteiger partial charge in [-0.15, -0.1) is 0 Å². The van der Waals surface area contributed by atoms with Crippen LogP contribution in [-0.4, -0.2) is 30.9 Å². The van der Waals surface area contributed by atoms with Gasteiger partial charge in [0.15, 0.2) is 6.23 Å². The maximum absolute atomic E-state index is 12.0. The quantitative estimate of drug-likeness (QED) is 0.878. The van der Waals surface area contributed by atoms with Crippen molar-refractivity contribution in [3.05, 3.63) is 34.9 Å². The Morgan fingerprint density at radius 3 is 2.65 bits per heavy atom. The van der Waals surface area contributed by atoms with Crippen molar-refractivity contribution in [3.63, 3.8) is 0 Å². The minimum absolute atomic E-state index is 0.133. The fraction of sp³-hybridized carbons (Fsp3) is 0.500. The zero-order valence-electron chi connectivity index (χ0n) is 11.7. The number of carbonyl (C=O) groups excluding carboxylic acids is 1. The summed E-state index contributed by atoms with van der Waals surface area (Å²) < 4.78 is 5.36. The van der Waals surface area contributed by atoms with Crippen LogP contribution in [-0.2, 0) is 4.74 Å². The Hall–Kier alpha value is -1.30. The Labute approximate surface area is 124 Å². The number of methoxy groups -OCH3 is 1. The van der Waals surface area contributed by atoms with E-state index in [1.165, 1.54) is 0 Å². The van der Waals surface area contributed by atoms with E-state index in [4.69, 9.17) is 16.3 Å². The summed E-state index contributed by atoms with van der Waals surface area (Å²) in [6, 6.07) is 7.24. The molecular weight excluding hydrogens is 278 g/mol. The molecule has 0 saturated carbocycles. The van der Waals surface area contributed by atoms with Crippen LogP contribution in [0.1, 0.15) is 31.4 Å². The molecule has 2 amide bonds. The maximum atomic E-state index is 12.0. The molecule has 2 unspecified atom stereocenters. The molecular formula is C14H20ClN3O2. The second-order valence-electron chi connectivity index (χ2n) is 4.77. The summed E-state index contributed by atoms with van der Waals surface area (Å²) in [7, 11) is 1.58. The van der Waals surface area contributed by atoms with Gasteiger partial charge in [0, 0.05) is 18.7 Å². The molecule has 6 heteroatoms. The summed E-state index contributed by atoms with van der Waals surface area (Å²) in [6.45, 7) is 2.76. The van der Waals surface area contributed by atoms with Crippen molar-refractivity contribution in [1.29, 1.82) is 0 Å². The van der Waals surface area contributed by atoms with E-state index in [1.807, 2.05) is 24.3 Å². The van der Waals surface area contributed by atoms with Crippen LogP contribution >= 0.6 is 11.6 Å². The third-order valence-corrected chi connectivity index (χ3v) is 3.58. The molecule has 1 saturated heterocycles. The number of urea groups is 1. The smallest absolute Gasteiger partial charge is 0.333 e. The standard InChI is InChI=1S/C14H20ClN3O2/c1-3-4-9-18-14(19)16-13(20-2)12(17-18)10-5-7-11(15)8-6-10/h5-8,12-13,17H,3-4,9H2,1-2H3,(H,16,19). The summed E-state index contributed by atoms with van der Waals surface area (Å²) in [5.74, 6) is 0. The van der Waals surface area contributed by atoms with E-state index in [9.17, 15) is 4.79 Å². The summed E-state index contributed by atoms with van der Waals surface area (Å²) in [5.41, 5.74) is 4.24. The number of nitrogens with zero attached hydrogens (tertiary/aromatic N) is 1. The van der Waals surface area contributed by atoms with E-state index < -0.39 is 6.23 Å². The van der Waals surface area contributed by atoms with Crippen molar-refractivity contribution >= 4 is 17.6 Å². The first kappa shape index (κ1) is 15.1. The van der Waals surface area contributed by atoms with Crippen LogP contribution in [0.25, 0.3) is 0 Å². The Balaban J connectivity index is 2.15. The van der Waals surface area contributed by atoms with Gasteiger partial charge in [-0.2, -0.15) is 0 Å². The van der Waals surface area contributed by atoms with Crippen molar-refractivity contribution in [2.45, 2.75) is 32.0 Å². The van der Waals surface area contributed by atoms with E-state index in [2.05, 4.69) is 17.7 Å². The number of nitrogens with one attached hydrogen (secondary N) is 2. The maximum Gasteiger partial charge on any atom is 0.333 e. The number of rotatable bonds is 5. The largest absolute Gasteiger partial charge is 0.360 e. The molecule has 1 aromatic carbocycles. The summed E-state index contributed by atoms with van der Waals surface area (Å²) in [6.07, 6.45) is 1.58. The van der Waals surface area contributed by atoms with E-state index >= 15 is 0 Å². The van der Waals surface area contributed by atoms with E-state index in [0.717, 1.165) is 18.4 Å². The molecule has 5 nitrogen and oxygen atoms in total. The van der Waals surface area contributed by atoms with E-state index in [1.54, 1.807) is 12.1 Å². The summed E-state index contributed by atoms with van der Waals surface area (Å²) >= 11 is 5.91. The molecule has 0 aromatic heterocycles. The molecule has 0 radical (unpaired) electrons. The second kappa shape index (κ2) is 6.92. The van der Waals surface area contributed by atoms with Crippen molar-refractivity contribution in [2.24, 2.45) is 0 Å². The van der Waals surface area contributed by atoms with Crippen molar-refractivity contribution in [3.8, 4) is 0 Å². The lowest BCUT2D eigenvalue weighted by Crippen LogP contribution is -2.62. The van der Waals surface area contributed by atoms with Gasteiger partial charge in [0.05, 0.1) is 6.04 Å². The number of hydrazine groups is 1. The molecule has 1 aromatic rings. The van der Waals surface area contributed by atoms with Crippen molar-refractivity contribution in [1.82, 2.24) is 15.8 Å². The number of carbonyl (C=O) groups is 1. The molecule has 1 aliphatic heterocycles. The molecule has 20 heavy (non-hydrogen) atoms. The molecule has 0 spiro atoms. The van der Waals surface area contributed by atoms with Gasteiger partial charge >= 0.3 is 6.03 Å². The van der Waals surface area contributed by atoms with Crippen LogP contribution in [0.3, 0.4) is 0 Å². The molecule has 0 bridgehead atoms. The summed E-state index contributed by atoms with van der Waals surface area (Å²) in [5, 5.41) is 5.15. The van der Waals surface area contributed by atoms with Crippen molar-refractivity contribution < 1.29 is 9.53 Å². The van der Waals surface area contributed by atoms with Gasteiger partial charge in [-0.1, -0.05) is 37.1 Å². The molecule has 0 aliphatic carbocycles. The van der Waals surface area contributed by atoms with Crippen molar-refractivity contribution in [2.75, 3.05) is 13.7 Å². The highest BCUT2D eigenvalue weighted by molar-refractivity contribution is 6.30. The van der Waals surface area contributed by atoms with Gasteiger partial charge in [0.2, 0.25) is 0 Å². The number of ether oxygens (including phenoxy) is 1. The molecule has 1 fully saturated rings. The lowest BCUT2D eigenvalue weighted by atomic mass is 10.1. The SMILES string of the molecule is CCCCN1NC(c2ccc(Cl)cc2)C(OC)NC1=O. The van der Waals surface area contributed by atoms with Crippen LogP contribution in [0.4, 0.5) is 4.79 Å². The molecule has 2 rings (SSSR count). The first-order chi connectivity index (χ1) is 9.65. The number of halogens is 1. The topological polar surface area (TPSA) is 53.6 Å². The Bertz CT molecular complexity index is 452. The average molecular weight is 298 g/mol. The molecule has 1 heterocycles. The lowest BCUT2D eigenvalue weighted by Gasteiger charge is -2.39. The molecule has 2 N–H and O–H groups in total. The highest BCUT2D eigenvalue weighted by Crippen LogP contribution is 2.23. The Kier molecular flexibility index (Phi) is 5.23.